The first kappa shape index (κ1) is 14.3. The van der Waals surface area contributed by atoms with Gasteiger partial charge in [0.25, 0.3) is 5.91 Å². The van der Waals surface area contributed by atoms with Crippen molar-refractivity contribution in [2.45, 2.75) is 19.9 Å². The minimum absolute atomic E-state index is 0.0923. The van der Waals surface area contributed by atoms with Gasteiger partial charge in [-0.2, -0.15) is 0 Å². The molecule has 0 saturated carbocycles. The van der Waals surface area contributed by atoms with E-state index in [1.165, 1.54) is 5.57 Å². The number of hydrogen-bond donors (Lipinski definition) is 2. The van der Waals surface area contributed by atoms with Gasteiger partial charge >= 0.3 is 0 Å². The zero-order chi connectivity index (χ0) is 13.5. The third-order valence-corrected chi connectivity index (χ3v) is 2.77. The third-order valence-electron chi connectivity index (χ3n) is 2.77. The van der Waals surface area contributed by atoms with Crippen LogP contribution in [0.5, 0.6) is 5.75 Å². The number of carbonyl (C=O) groups excluding carboxylic acids is 1. The summed E-state index contributed by atoms with van der Waals surface area (Å²) >= 11 is 0. The van der Waals surface area contributed by atoms with E-state index in [1.807, 2.05) is 31.3 Å². The summed E-state index contributed by atoms with van der Waals surface area (Å²) in [6.07, 6.45) is 2.11. The van der Waals surface area contributed by atoms with E-state index in [9.17, 15) is 4.79 Å². The Morgan fingerprint density at radius 3 is 2.56 bits per heavy atom. The molecular formula is C14H20N2O2. The molecule has 4 nitrogen and oxygen atoms in total. The number of hydrogen-bond acceptors (Lipinski definition) is 3. The summed E-state index contributed by atoms with van der Waals surface area (Å²) in [5, 5.41) is 3.18. The lowest BCUT2D eigenvalue weighted by Gasteiger charge is -2.10. The molecule has 0 saturated heterocycles. The van der Waals surface area contributed by atoms with Crippen molar-refractivity contribution in [2.24, 2.45) is 5.73 Å². The van der Waals surface area contributed by atoms with Gasteiger partial charge in [-0.05, 0) is 38.6 Å². The van der Waals surface area contributed by atoms with Gasteiger partial charge in [-0.3, -0.25) is 4.79 Å². The van der Waals surface area contributed by atoms with Gasteiger partial charge < -0.3 is 15.8 Å². The zero-order valence-corrected chi connectivity index (χ0v) is 11.1. The second-order valence-electron chi connectivity index (χ2n) is 4.22. The first-order chi connectivity index (χ1) is 8.52. The summed E-state index contributed by atoms with van der Waals surface area (Å²) in [5.74, 6) is 0.169. The first-order valence-corrected chi connectivity index (χ1v) is 5.89. The van der Waals surface area contributed by atoms with Crippen LogP contribution in [-0.2, 0) is 4.79 Å². The molecule has 0 aliphatic carbocycles. The van der Waals surface area contributed by atoms with Crippen LogP contribution in [0.15, 0.2) is 29.8 Å². The SMILES string of the molecule is CNC(C)/C(C)=C/c1ccc(OCC(N)=O)cc1. The predicted octanol–water partition coefficient (Wildman–Crippen LogP) is 1.56. The molecule has 98 valence electrons. The Morgan fingerprint density at radius 2 is 2.06 bits per heavy atom. The quantitative estimate of drug-likeness (QED) is 0.803. The van der Waals surface area contributed by atoms with Gasteiger partial charge in [0.05, 0.1) is 0 Å². The maximum absolute atomic E-state index is 10.6. The second kappa shape index (κ2) is 6.81. The van der Waals surface area contributed by atoms with Crippen molar-refractivity contribution < 1.29 is 9.53 Å². The van der Waals surface area contributed by atoms with Crippen molar-refractivity contribution in [3.63, 3.8) is 0 Å². The maximum atomic E-state index is 10.6. The van der Waals surface area contributed by atoms with Crippen LogP contribution in [-0.4, -0.2) is 25.6 Å². The minimum atomic E-state index is -0.474. The Balaban J connectivity index is 2.68. The van der Waals surface area contributed by atoms with Crippen LogP contribution in [0.3, 0.4) is 0 Å². The maximum Gasteiger partial charge on any atom is 0.255 e. The van der Waals surface area contributed by atoms with Crippen molar-refractivity contribution in [2.75, 3.05) is 13.7 Å². The van der Waals surface area contributed by atoms with Gasteiger partial charge in [0.2, 0.25) is 0 Å². The smallest absolute Gasteiger partial charge is 0.255 e. The molecule has 1 atom stereocenters. The van der Waals surface area contributed by atoms with E-state index in [0.29, 0.717) is 11.8 Å². The fraction of sp³-hybridized carbons (Fsp3) is 0.357. The fourth-order valence-electron chi connectivity index (χ4n) is 1.43. The third kappa shape index (κ3) is 4.59. The van der Waals surface area contributed by atoms with Crippen LogP contribution < -0.4 is 15.8 Å². The molecule has 0 aliphatic rings. The van der Waals surface area contributed by atoms with E-state index in [0.717, 1.165) is 5.56 Å². The molecular weight excluding hydrogens is 228 g/mol. The Bertz CT molecular complexity index is 424. The van der Waals surface area contributed by atoms with Gasteiger partial charge in [-0.1, -0.05) is 23.8 Å². The number of nitrogens with two attached hydrogens (primary N) is 1. The normalized spacial score (nSPS) is 13.2. The molecule has 0 heterocycles. The number of carbonyl (C=O) groups is 1. The number of amides is 1. The van der Waals surface area contributed by atoms with Crippen LogP contribution in [0.1, 0.15) is 19.4 Å². The molecule has 18 heavy (non-hydrogen) atoms. The van der Waals surface area contributed by atoms with E-state index in [2.05, 4.69) is 25.2 Å². The van der Waals surface area contributed by atoms with Crippen LogP contribution in [0.4, 0.5) is 0 Å². The van der Waals surface area contributed by atoms with Gasteiger partial charge in [-0.25, -0.2) is 0 Å². The Morgan fingerprint density at radius 1 is 1.44 bits per heavy atom. The summed E-state index contributed by atoms with van der Waals surface area (Å²) in [4.78, 5) is 10.6. The van der Waals surface area contributed by atoms with Gasteiger partial charge in [-0.15, -0.1) is 0 Å². The summed E-state index contributed by atoms with van der Waals surface area (Å²) in [5.41, 5.74) is 7.36. The highest BCUT2D eigenvalue weighted by molar-refractivity contribution is 5.75. The average molecular weight is 248 g/mol. The van der Waals surface area contributed by atoms with Crippen LogP contribution in [0, 0.1) is 0 Å². The van der Waals surface area contributed by atoms with Crippen LogP contribution >= 0.6 is 0 Å². The molecule has 0 radical (unpaired) electrons. The highest BCUT2D eigenvalue weighted by atomic mass is 16.5. The highest BCUT2D eigenvalue weighted by Crippen LogP contribution is 2.15. The van der Waals surface area contributed by atoms with E-state index in [-0.39, 0.29) is 6.61 Å². The topological polar surface area (TPSA) is 64.3 Å². The zero-order valence-electron chi connectivity index (χ0n) is 11.1. The largest absolute Gasteiger partial charge is 0.484 e. The Kier molecular flexibility index (Phi) is 5.39. The van der Waals surface area contributed by atoms with Crippen LogP contribution in [0.2, 0.25) is 0 Å². The Labute approximate surface area is 108 Å². The van der Waals surface area contributed by atoms with Crippen molar-refractivity contribution in [1.29, 1.82) is 0 Å². The van der Waals surface area contributed by atoms with E-state index in [1.54, 1.807) is 0 Å². The monoisotopic (exact) mass is 248 g/mol. The molecule has 1 rings (SSSR count). The molecule has 0 aromatic heterocycles. The number of benzene rings is 1. The van der Waals surface area contributed by atoms with E-state index < -0.39 is 5.91 Å². The summed E-state index contributed by atoms with van der Waals surface area (Å²) in [6, 6.07) is 7.89. The van der Waals surface area contributed by atoms with Crippen LogP contribution in [0.25, 0.3) is 6.08 Å². The Hall–Kier alpha value is -1.81. The molecule has 4 heteroatoms. The van der Waals surface area contributed by atoms with Crippen molar-refractivity contribution in [3.05, 3.63) is 35.4 Å². The van der Waals surface area contributed by atoms with E-state index >= 15 is 0 Å². The van der Waals surface area contributed by atoms with Crippen molar-refractivity contribution in [1.82, 2.24) is 5.32 Å². The average Bonchev–Trinajstić information content (AvgIpc) is 2.36. The number of ether oxygens (including phenoxy) is 1. The second-order valence-corrected chi connectivity index (χ2v) is 4.22. The first-order valence-electron chi connectivity index (χ1n) is 5.89. The molecule has 0 bridgehead atoms. The number of likely N-dealkylation sites (N-methyl/N-ethyl adjacent to an activating group) is 1. The lowest BCUT2D eigenvalue weighted by molar-refractivity contribution is -0.119. The number of nitrogens with one attached hydrogen (secondary N) is 1. The molecule has 3 N–H and O–H groups in total. The molecule has 1 aromatic rings. The molecule has 0 spiro atoms. The van der Waals surface area contributed by atoms with E-state index in [4.69, 9.17) is 10.5 Å². The highest BCUT2D eigenvalue weighted by Gasteiger charge is 2.01. The molecule has 1 unspecified atom stereocenters. The summed E-state index contributed by atoms with van der Waals surface area (Å²) in [7, 11) is 1.93. The van der Waals surface area contributed by atoms with Gasteiger partial charge in [0.1, 0.15) is 5.75 Å². The molecule has 1 amide bonds. The standard InChI is InChI=1S/C14H20N2O2/c1-10(11(2)16-3)8-12-4-6-13(7-5-12)18-9-14(15)17/h4-8,11,16H,9H2,1-3H3,(H2,15,17)/b10-8+. The van der Waals surface area contributed by atoms with Gasteiger partial charge in [0.15, 0.2) is 6.61 Å². The van der Waals surface area contributed by atoms with Crippen molar-refractivity contribution in [3.8, 4) is 5.75 Å². The number of primary amides is 1. The summed E-state index contributed by atoms with van der Waals surface area (Å²) in [6.45, 7) is 4.10. The lowest BCUT2D eigenvalue weighted by Crippen LogP contribution is -2.21. The lowest BCUT2D eigenvalue weighted by atomic mass is 10.1. The summed E-state index contributed by atoms with van der Waals surface area (Å²) < 4.78 is 5.19. The molecule has 1 aromatic carbocycles. The molecule has 0 fully saturated rings. The minimum Gasteiger partial charge on any atom is -0.484 e. The van der Waals surface area contributed by atoms with Gasteiger partial charge in [0, 0.05) is 6.04 Å². The molecule has 0 aliphatic heterocycles. The predicted molar refractivity (Wildman–Crippen MR) is 73.3 cm³/mol. The number of rotatable bonds is 6. The van der Waals surface area contributed by atoms with Crippen molar-refractivity contribution >= 4 is 12.0 Å². The fourth-order valence-corrected chi connectivity index (χ4v) is 1.43.